The maximum atomic E-state index is 12.6. The summed E-state index contributed by atoms with van der Waals surface area (Å²) in [6, 6.07) is 0. The highest BCUT2D eigenvalue weighted by molar-refractivity contribution is 7.45. The first kappa shape index (κ1) is 48.0. The van der Waals surface area contributed by atoms with Crippen molar-refractivity contribution in [3.05, 3.63) is 0 Å². The Morgan fingerprint density at radius 3 is 1.31 bits per heavy atom. The van der Waals surface area contributed by atoms with Gasteiger partial charge in [-0.15, -0.1) is 0 Å². The SMILES string of the molecule is CCCCCCCCCCCCCCCC(=O)OC(COC(=O)CCCCCCCCCCCCCC)COP(=O)([O-])OCC[N+](C)(C)C. The molecule has 10 heteroatoms. The molecule has 292 valence electrons. The third-order valence-corrected chi connectivity index (χ3v) is 9.84. The van der Waals surface area contributed by atoms with Crippen molar-refractivity contribution in [2.75, 3.05) is 47.5 Å². The van der Waals surface area contributed by atoms with Crippen LogP contribution in [0.5, 0.6) is 0 Å². The number of nitrogens with zero attached hydrogens (tertiary/aromatic N) is 1. The highest BCUT2D eigenvalue weighted by Crippen LogP contribution is 2.38. The quantitative estimate of drug-likeness (QED) is 0.0270. The standard InChI is InChI=1S/C39H78NO8P/c1-6-8-10-12-14-16-18-20-22-24-26-28-30-32-39(42)48-37(36-47-49(43,44)46-34-33-40(3,4)5)35-45-38(41)31-29-27-25-23-21-19-17-15-13-11-9-7-2/h37H,6-36H2,1-5H3. The van der Waals surface area contributed by atoms with Crippen molar-refractivity contribution in [2.45, 2.75) is 193 Å². The van der Waals surface area contributed by atoms with Crippen LogP contribution in [0.1, 0.15) is 187 Å². The Balaban J connectivity index is 4.38. The van der Waals surface area contributed by atoms with Crippen molar-refractivity contribution >= 4 is 19.8 Å². The number of phosphoric ester groups is 1. The first-order chi connectivity index (χ1) is 23.5. The van der Waals surface area contributed by atoms with Gasteiger partial charge in [0.25, 0.3) is 7.82 Å². The van der Waals surface area contributed by atoms with Gasteiger partial charge in [-0.3, -0.25) is 14.2 Å². The number of ether oxygens (including phenoxy) is 2. The molecule has 0 radical (unpaired) electrons. The van der Waals surface area contributed by atoms with Crippen LogP contribution in [0.25, 0.3) is 0 Å². The summed E-state index contributed by atoms with van der Waals surface area (Å²) in [4.78, 5) is 37.3. The normalized spacial score (nSPS) is 13.7. The predicted molar refractivity (Wildman–Crippen MR) is 199 cm³/mol. The molecule has 2 unspecified atom stereocenters. The molecule has 0 aliphatic rings. The highest BCUT2D eigenvalue weighted by Gasteiger charge is 2.21. The van der Waals surface area contributed by atoms with E-state index in [1.54, 1.807) is 0 Å². The molecule has 0 N–H and O–H groups in total. The number of carbonyl (C=O) groups is 2. The fourth-order valence-corrected chi connectivity index (χ4v) is 6.38. The van der Waals surface area contributed by atoms with Gasteiger partial charge < -0.3 is 27.9 Å². The lowest BCUT2D eigenvalue weighted by atomic mass is 10.0. The third-order valence-electron chi connectivity index (χ3n) is 8.88. The Hall–Kier alpha value is -0.990. The smallest absolute Gasteiger partial charge is 0.306 e. The molecule has 0 aromatic heterocycles. The van der Waals surface area contributed by atoms with Crippen LogP contribution < -0.4 is 4.89 Å². The maximum Gasteiger partial charge on any atom is 0.306 e. The Kier molecular flexibility index (Phi) is 32.2. The summed E-state index contributed by atoms with van der Waals surface area (Å²) in [5, 5.41) is 0. The van der Waals surface area contributed by atoms with E-state index >= 15 is 0 Å². The van der Waals surface area contributed by atoms with E-state index in [1.165, 1.54) is 122 Å². The van der Waals surface area contributed by atoms with Crippen molar-refractivity contribution in [1.82, 2.24) is 0 Å². The molecular formula is C39H78NO8P. The van der Waals surface area contributed by atoms with E-state index in [0.717, 1.165) is 32.1 Å². The first-order valence-electron chi connectivity index (χ1n) is 20.2. The number of carbonyl (C=O) groups excluding carboxylic acids is 2. The molecule has 0 bridgehead atoms. The molecule has 0 aliphatic carbocycles. The first-order valence-corrected chi connectivity index (χ1v) is 21.7. The number of phosphoric acid groups is 1. The molecule has 0 fully saturated rings. The number of hydrogen-bond donors (Lipinski definition) is 0. The summed E-state index contributed by atoms with van der Waals surface area (Å²) >= 11 is 0. The predicted octanol–water partition coefficient (Wildman–Crippen LogP) is 10.2. The maximum absolute atomic E-state index is 12.6. The molecule has 0 heterocycles. The van der Waals surface area contributed by atoms with Crippen LogP contribution in [0.2, 0.25) is 0 Å². The summed E-state index contributed by atoms with van der Waals surface area (Å²) < 4.78 is 33.8. The largest absolute Gasteiger partial charge is 0.756 e. The Bertz CT molecular complexity index is 819. The van der Waals surface area contributed by atoms with Crippen molar-refractivity contribution in [2.24, 2.45) is 0 Å². The molecule has 0 spiro atoms. The highest BCUT2D eigenvalue weighted by atomic mass is 31.2. The lowest BCUT2D eigenvalue weighted by molar-refractivity contribution is -0.870. The molecule has 49 heavy (non-hydrogen) atoms. The van der Waals surface area contributed by atoms with Crippen LogP contribution >= 0.6 is 7.82 Å². The van der Waals surface area contributed by atoms with E-state index in [1.807, 2.05) is 21.1 Å². The van der Waals surface area contributed by atoms with Gasteiger partial charge in [0.1, 0.15) is 19.8 Å². The van der Waals surface area contributed by atoms with Gasteiger partial charge in [-0.2, -0.15) is 0 Å². The van der Waals surface area contributed by atoms with Gasteiger partial charge in [-0.1, -0.05) is 162 Å². The van der Waals surface area contributed by atoms with Gasteiger partial charge in [-0.05, 0) is 12.8 Å². The van der Waals surface area contributed by atoms with Crippen molar-refractivity contribution in [3.63, 3.8) is 0 Å². The number of rotatable bonds is 37. The van der Waals surface area contributed by atoms with E-state index in [2.05, 4.69) is 13.8 Å². The Morgan fingerprint density at radius 2 is 0.918 bits per heavy atom. The van der Waals surface area contributed by atoms with Gasteiger partial charge in [0.2, 0.25) is 0 Å². The summed E-state index contributed by atoms with van der Waals surface area (Å²) in [6.45, 7) is 4.23. The van der Waals surface area contributed by atoms with Crippen LogP contribution in [-0.4, -0.2) is 70.0 Å². The van der Waals surface area contributed by atoms with Gasteiger partial charge in [0, 0.05) is 12.8 Å². The topological polar surface area (TPSA) is 111 Å². The minimum absolute atomic E-state index is 0.0260. The average Bonchev–Trinajstić information content (AvgIpc) is 3.04. The van der Waals surface area contributed by atoms with E-state index in [4.69, 9.17) is 18.5 Å². The number of unbranched alkanes of at least 4 members (excludes halogenated alkanes) is 23. The minimum Gasteiger partial charge on any atom is -0.756 e. The van der Waals surface area contributed by atoms with Crippen molar-refractivity contribution in [3.8, 4) is 0 Å². The zero-order chi connectivity index (χ0) is 36.5. The van der Waals surface area contributed by atoms with Gasteiger partial charge >= 0.3 is 11.9 Å². The zero-order valence-electron chi connectivity index (χ0n) is 32.7. The Morgan fingerprint density at radius 1 is 0.551 bits per heavy atom. The van der Waals surface area contributed by atoms with Crippen LogP contribution in [0, 0.1) is 0 Å². The number of likely N-dealkylation sites (N-methyl/N-ethyl adjacent to an activating group) is 1. The molecule has 0 aliphatic heterocycles. The van der Waals surface area contributed by atoms with Crippen molar-refractivity contribution < 1.29 is 42.1 Å². The molecule has 2 atom stereocenters. The second kappa shape index (κ2) is 32.9. The van der Waals surface area contributed by atoms with Gasteiger partial charge in [-0.25, -0.2) is 0 Å². The lowest BCUT2D eigenvalue weighted by Gasteiger charge is -2.28. The number of hydrogen-bond acceptors (Lipinski definition) is 8. The summed E-state index contributed by atoms with van der Waals surface area (Å²) in [5.74, 6) is -0.825. The monoisotopic (exact) mass is 720 g/mol. The van der Waals surface area contributed by atoms with E-state index in [-0.39, 0.29) is 32.0 Å². The minimum atomic E-state index is -4.61. The van der Waals surface area contributed by atoms with Crippen LogP contribution in [0.3, 0.4) is 0 Å². The molecule has 0 aromatic rings. The fraction of sp³-hybridized carbons (Fsp3) is 0.949. The second-order valence-electron chi connectivity index (χ2n) is 15.0. The molecule has 0 saturated carbocycles. The Labute approximate surface area is 302 Å². The summed E-state index contributed by atoms with van der Waals surface area (Å²) in [7, 11) is 1.18. The molecule has 0 rings (SSSR count). The van der Waals surface area contributed by atoms with Crippen LogP contribution in [0.4, 0.5) is 0 Å². The zero-order valence-corrected chi connectivity index (χ0v) is 33.6. The van der Waals surface area contributed by atoms with E-state index < -0.39 is 26.5 Å². The van der Waals surface area contributed by atoms with Crippen LogP contribution in [-0.2, 0) is 32.7 Å². The summed E-state index contributed by atoms with van der Waals surface area (Å²) in [6.07, 6.45) is 29.8. The third kappa shape index (κ3) is 36.6. The van der Waals surface area contributed by atoms with E-state index in [9.17, 15) is 19.0 Å². The molecule has 0 amide bonds. The summed E-state index contributed by atoms with van der Waals surface area (Å²) in [5.41, 5.74) is 0. The van der Waals surface area contributed by atoms with Crippen molar-refractivity contribution in [1.29, 1.82) is 0 Å². The van der Waals surface area contributed by atoms with Gasteiger partial charge in [0.05, 0.1) is 27.7 Å². The molecule has 0 aromatic carbocycles. The van der Waals surface area contributed by atoms with Gasteiger partial charge in [0.15, 0.2) is 6.10 Å². The van der Waals surface area contributed by atoms with E-state index in [0.29, 0.717) is 17.4 Å². The molecular weight excluding hydrogens is 641 g/mol. The van der Waals surface area contributed by atoms with Crippen LogP contribution in [0.15, 0.2) is 0 Å². The number of esters is 2. The second-order valence-corrected chi connectivity index (χ2v) is 16.4. The molecule has 0 saturated heterocycles. The lowest BCUT2D eigenvalue weighted by Crippen LogP contribution is -2.37. The average molecular weight is 720 g/mol. The molecule has 9 nitrogen and oxygen atoms in total. The number of quaternary nitrogens is 1. The fourth-order valence-electron chi connectivity index (χ4n) is 5.65.